The Bertz CT molecular complexity index is 158. The van der Waals surface area contributed by atoms with Crippen molar-refractivity contribution >= 4 is 0 Å². The monoisotopic (exact) mass is 227 g/mol. The van der Waals surface area contributed by atoms with Gasteiger partial charge in [-0.2, -0.15) is 0 Å². The first-order valence-electron chi connectivity index (χ1n) is 6.63. The summed E-state index contributed by atoms with van der Waals surface area (Å²) in [5, 5.41) is 0. The van der Waals surface area contributed by atoms with Crippen LogP contribution in [0.3, 0.4) is 0 Å². The number of nitrogens with zero attached hydrogens (tertiary/aromatic N) is 3. The molecule has 2 heterocycles. The maximum Gasteiger partial charge on any atom is 0.0107 e. The summed E-state index contributed by atoms with van der Waals surface area (Å²) >= 11 is 0. The molecule has 0 saturated carbocycles. The van der Waals surface area contributed by atoms with Crippen LogP contribution in [0.4, 0.5) is 0 Å². The molecule has 0 N–H and O–H groups in total. The van der Waals surface area contributed by atoms with E-state index in [2.05, 4.69) is 42.8 Å². The predicted octanol–water partition coefficient (Wildman–Crippen LogP) is 1.21. The molecular formula is C13H29N3. The Morgan fingerprint density at radius 2 is 1.25 bits per heavy atom. The summed E-state index contributed by atoms with van der Waals surface area (Å²) in [6.45, 7) is 9.88. The number of piperidine rings is 1. The van der Waals surface area contributed by atoms with Crippen molar-refractivity contribution in [3.05, 3.63) is 0 Å². The quantitative estimate of drug-likeness (QED) is 0.616. The molecule has 2 aliphatic rings. The van der Waals surface area contributed by atoms with Crippen LogP contribution in [0.1, 0.15) is 19.8 Å². The van der Waals surface area contributed by atoms with Crippen LogP contribution < -0.4 is 0 Å². The normalized spacial score (nSPS) is 29.6. The first-order chi connectivity index (χ1) is 7.58. The lowest BCUT2D eigenvalue weighted by Crippen LogP contribution is -2.42. The van der Waals surface area contributed by atoms with Gasteiger partial charge in [0.15, 0.2) is 0 Å². The molecule has 0 aliphatic carbocycles. The zero-order chi connectivity index (χ0) is 12.0. The van der Waals surface area contributed by atoms with Crippen molar-refractivity contribution in [2.24, 2.45) is 5.92 Å². The van der Waals surface area contributed by atoms with E-state index in [0.29, 0.717) is 0 Å². The van der Waals surface area contributed by atoms with Crippen LogP contribution in [-0.2, 0) is 0 Å². The van der Waals surface area contributed by atoms with Gasteiger partial charge >= 0.3 is 0 Å². The molecule has 16 heavy (non-hydrogen) atoms. The van der Waals surface area contributed by atoms with Gasteiger partial charge in [-0.25, -0.2) is 0 Å². The Kier molecular flexibility index (Phi) is 6.32. The van der Waals surface area contributed by atoms with E-state index in [-0.39, 0.29) is 0 Å². The molecule has 0 spiro atoms. The molecule has 3 heteroatoms. The summed E-state index contributed by atoms with van der Waals surface area (Å²) in [7, 11) is 6.55. The summed E-state index contributed by atoms with van der Waals surface area (Å²) < 4.78 is 0. The fourth-order valence-electron chi connectivity index (χ4n) is 2.33. The van der Waals surface area contributed by atoms with Crippen molar-refractivity contribution in [1.82, 2.24) is 14.7 Å². The second-order valence-electron chi connectivity index (χ2n) is 5.62. The molecule has 96 valence electrons. The number of likely N-dealkylation sites (tertiary alicyclic amines) is 1. The lowest BCUT2D eigenvalue weighted by Gasteiger charge is -2.28. The number of hydrogen-bond donors (Lipinski definition) is 0. The Morgan fingerprint density at radius 3 is 1.56 bits per heavy atom. The molecule has 0 aromatic carbocycles. The summed E-state index contributed by atoms with van der Waals surface area (Å²) in [5.74, 6) is 0.939. The molecule has 2 aliphatic heterocycles. The Labute approximate surface area is 101 Å². The number of rotatable bonds is 0. The summed E-state index contributed by atoms with van der Waals surface area (Å²) in [6, 6.07) is 0. The van der Waals surface area contributed by atoms with Gasteiger partial charge in [-0.05, 0) is 46.4 Å². The minimum atomic E-state index is 0.939. The van der Waals surface area contributed by atoms with Gasteiger partial charge in [-0.15, -0.1) is 0 Å². The van der Waals surface area contributed by atoms with Crippen molar-refractivity contribution in [3.8, 4) is 0 Å². The van der Waals surface area contributed by atoms with Crippen LogP contribution in [0.25, 0.3) is 0 Å². The fraction of sp³-hybridized carbons (Fsp3) is 1.00. The maximum absolute atomic E-state index is 2.41. The van der Waals surface area contributed by atoms with E-state index in [9.17, 15) is 0 Å². The molecule has 1 unspecified atom stereocenters. The largest absolute Gasteiger partial charge is 0.306 e. The van der Waals surface area contributed by atoms with Crippen LogP contribution in [0.2, 0.25) is 0 Å². The third-order valence-electron chi connectivity index (χ3n) is 3.59. The molecular weight excluding hydrogens is 198 g/mol. The summed E-state index contributed by atoms with van der Waals surface area (Å²) in [5.41, 5.74) is 0. The van der Waals surface area contributed by atoms with E-state index in [4.69, 9.17) is 0 Å². The van der Waals surface area contributed by atoms with Gasteiger partial charge in [0.1, 0.15) is 0 Å². The Balaban J connectivity index is 0.000000160. The highest BCUT2D eigenvalue weighted by Crippen LogP contribution is 2.12. The van der Waals surface area contributed by atoms with Crippen LogP contribution >= 0.6 is 0 Å². The number of likely N-dealkylation sites (N-methyl/N-ethyl adjacent to an activating group) is 2. The minimum absolute atomic E-state index is 0.939. The molecule has 0 aromatic heterocycles. The number of piperazine rings is 1. The van der Waals surface area contributed by atoms with Crippen LogP contribution in [0.15, 0.2) is 0 Å². The van der Waals surface area contributed by atoms with Gasteiger partial charge < -0.3 is 14.7 Å². The molecule has 2 fully saturated rings. The van der Waals surface area contributed by atoms with E-state index < -0.39 is 0 Å². The predicted molar refractivity (Wildman–Crippen MR) is 70.9 cm³/mol. The fourth-order valence-corrected chi connectivity index (χ4v) is 2.33. The Hall–Kier alpha value is -0.120. The minimum Gasteiger partial charge on any atom is -0.306 e. The zero-order valence-corrected chi connectivity index (χ0v) is 11.6. The van der Waals surface area contributed by atoms with Gasteiger partial charge in [0.05, 0.1) is 0 Å². The molecule has 1 atom stereocenters. The van der Waals surface area contributed by atoms with Crippen molar-refractivity contribution < 1.29 is 0 Å². The van der Waals surface area contributed by atoms with E-state index in [1.807, 2.05) is 0 Å². The summed E-state index contributed by atoms with van der Waals surface area (Å²) in [6.07, 6.45) is 2.84. The van der Waals surface area contributed by atoms with Crippen LogP contribution in [0.5, 0.6) is 0 Å². The van der Waals surface area contributed by atoms with Crippen molar-refractivity contribution in [2.45, 2.75) is 19.8 Å². The lowest BCUT2D eigenvalue weighted by molar-refractivity contribution is 0.181. The zero-order valence-electron chi connectivity index (χ0n) is 11.6. The van der Waals surface area contributed by atoms with Gasteiger partial charge in [0.2, 0.25) is 0 Å². The molecule has 2 rings (SSSR count). The second kappa shape index (κ2) is 7.25. The van der Waals surface area contributed by atoms with E-state index in [0.717, 1.165) is 5.92 Å². The highest BCUT2D eigenvalue weighted by molar-refractivity contribution is 4.65. The van der Waals surface area contributed by atoms with Gasteiger partial charge in [-0.3, -0.25) is 0 Å². The molecule has 0 radical (unpaired) electrons. The highest BCUT2D eigenvalue weighted by atomic mass is 15.2. The second-order valence-corrected chi connectivity index (χ2v) is 5.62. The van der Waals surface area contributed by atoms with E-state index >= 15 is 0 Å². The van der Waals surface area contributed by atoms with E-state index in [1.54, 1.807) is 0 Å². The standard InChI is InChI=1S/C7H15N.C6H14N2/c1-7-4-3-5-8(2)6-7;1-7-3-5-8(2)6-4-7/h7H,3-6H2,1-2H3;3-6H2,1-2H3. The van der Waals surface area contributed by atoms with Gasteiger partial charge in [-0.1, -0.05) is 6.92 Å². The third kappa shape index (κ3) is 5.83. The molecule has 0 aromatic rings. The van der Waals surface area contributed by atoms with Crippen molar-refractivity contribution in [1.29, 1.82) is 0 Å². The SMILES string of the molecule is CC1CCCN(C)C1.CN1CCN(C)CC1. The topological polar surface area (TPSA) is 9.72 Å². The lowest BCUT2D eigenvalue weighted by atomic mass is 10.0. The first kappa shape index (κ1) is 13.9. The summed E-state index contributed by atoms with van der Waals surface area (Å²) in [4.78, 5) is 7.13. The average Bonchev–Trinajstić information content (AvgIpc) is 2.23. The van der Waals surface area contributed by atoms with Crippen molar-refractivity contribution in [3.63, 3.8) is 0 Å². The molecule has 0 bridgehead atoms. The van der Waals surface area contributed by atoms with Gasteiger partial charge in [0, 0.05) is 32.7 Å². The van der Waals surface area contributed by atoms with Crippen molar-refractivity contribution in [2.75, 3.05) is 60.4 Å². The Morgan fingerprint density at radius 1 is 0.750 bits per heavy atom. The number of hydrogen-bond acceptors (Lipinski definition) is 3. The third-order valence-corrected chi connectivity index (χ3v) is 3.59. The van der Waals surface area contributed by atoms with Crippen LogP contribution in [-0.4, -0.2) is 75.1 Å². The smallest absolute Gasteiger partial charge is 0.0107 e. The van der Waals surface area contributed by atoms with Crippen LogP contribution in [0, 0.1) is 5.92 Å². The maximum atomic E-state index is 2.41. The van der Waals surface area contributed by atoms with Gasteiger partial charge in [0.25, 0.3) is 0 Å². The first-order valence-corrected chi connectivity index (χ1v) is 6.63. The average molecular weight is 227 g/mol. The molecule has 2 saturated heterocycles. The van der Waals surface area contributed by atoms with E-state index in [1.165, 1.54) is 52.1 Å². The highest BCUT2D eigenvalue weighted by Gasteiger charge is 2.11. The molecule has 0 amide bonds. The molecule has 3 nitrogen and oxygen atoms in total.